The summed E-state index contributed by atoms with van der Waals surface area (Å²) in [6.45, 7) is 6.31. The van der Waals surface area contributed by atoms with E-state index in [1.807, 2.05) is 0 Å². The Hall–Kier alpha value is -0.0400. The van der Waals surface area contributed by atoms with Crippen LogP contribution in [0.3, 0.4) is 0 Å². The maximum atomic E-state index is 11.7. The average molecular weight is 572 g/mol. The van der Waals surface area contributed by atoms with Crippen molar-refractivity contribution in [1.29, 1.82) is 0 Å². The van der Waals surface area contributed by atoms with E-state index in [1.165, 1.54) is 103 Å². The van der Waals surface area contributed by atoms with Crippen molar-refractivity contribution in [2.75, 3.05) is 6.61 Å². The first-order valence-corrected chi connectivity index (χ1v) is 16.3. The van der Waals surface area contributed by atoms with E-state index in [2.05, 4.69) is 23.7 Å². The van der Waals surface area contributed by atoms with E-state index in [0.717, 1.165) is 25.7 Å². The van der Waals surface area contributed by atoms with Crippen molar-refractivity contribution in [3.8, 4) is 0 Å². The summed E-state index contributed by atoms with van der Waals surface area (Å²) in [5.41, 5.74) is 5.05. The first-order valence-electron chi connectivity index (χ1n) is 15.2. The Bertz CT molecular complexity index is 548. The van der Waals surface area contributed by atoms with E-state index < -0.39 is 8.25 Å². The zero-order valence-electron chi connectivity index (χ0n) is 26.4. The van der Waals surface area contributed by atoms with Crippen molar-refractivity contribution in [2.24, 2.45) is 5.73 Å². The van der Waals surface area contributed by atoms with E-state index in [0.29, 0.717) is 12.8 Å². The van der Waals surface area contributed by atoms with Crippen molar-refractivity contribution in [3.63, 3.8) is 0 Å². The van der Waals surface area contributed by atoms with Gasteiger partial charge in [0, 0.05) is 17.4 Å². The third kappa shape index (κ3) is 40.5. The molecule has 4 N–H and O–H groups in total. The molecule has 2 unspecified atom stereocenters. The van der Waals surface area contributed by atoms with Crippen molar-refractivity contribution in [1.82, 2.24) is 5.32 Å². The number of unbranched alkanes of at least 4 members (excludes halogenated alkanes) is 18. The minimum absolute atomic E-state index is 0. The average Bonchev–Trinajstić information content (AvgIpc) is 2.85. The van der Waals surface area contributed by atoms with E-state index in [-0.39, 0.29) is 55.4 Å². The van der Waals surface area contributed by atoms with E-state index in [9.17, 15) is 14.2 Å². The minimum atomic E-state index is -2.59. The molecule has 0 saturated carbocycles. The van der Waals surface area contributed by atoms with Gasteiger partial charge < -0.3 is 12.5 Å². The Morgan fingerprint density at radius 1 is 0.737 bits per heavy atom. The summed E-state index contributed by atoms with van der Waals surface area (Å²) in [6.07, 6.45) is 26.5. The van der Waals surface area contributed by atoms with Crippen LogP contribution in [-0.2, 0) is 18.7 Å². The van der Waals surface area contributed by atoms with Crippen LogP contribution < -0.4 is 40.6 Å². The molecule has 0 saturated heterocycles. The molecule has 222 valence electrons. The molecule has 38 heavy (non-hydrogen) atoms. The molecule has 7 nitrogen and oxygen atoms in total. The molecule has 0 aliphatic carbocycles. The summed E-state index contributed by atoms with van der Waals surface area (Å²) < 4.78 is 15.0. The molecular formula is C29H61N2NaO5P+. The maximum absolute atomic E-state index is 11.7. The summed E-state index contributed by atoms with van der Waals surface area (Å²) in [6, 6.07) is -0.235. The standard InChI is InChI=1S/C17H34NO4P.C12H25NO.Na.H/c1-3-4-5-6-7-8-9-10-11-12-13-14-17(19)18-16(2)15-22-23(20)21;1-2-3-4-5-6-7-8-9-10-11-12(13)14;;/h16H,3-15H2,1-2H3,(H-,18,19,20,21);2-11H2,1H3,(H2,13,14);;/q;;+1;-1/p+1. The maximum Gasteiger partial charge on any atom is 1.00 e. The van der Waals surface area contributed by atoms with E-state index >= 15 is 0 Å². The number of hydrogen-bond acceptors (Lipinski definition) is 4. The number of carbonyl (C=O) groups is 2. The predicted molar refractivity (Wildman–Crippen MR) is 157 cm³/mol. The summed E-state index contributed by atoms with van der Waals surface area (Å²) in [5.74, 6) is -0.168. The number of hydrogen-bond donors (Lipinski definition) is 3. The number of amides is 2. The molecule has 0 aromatic carbocycles. The van der Waals surface area contributed by atoms with Gasteiger partial charge in [-0.25, -0.2) is 0 Å². The largest absolute Gasteiger partial charge is 1.00 e. The van der Waals surface area contributed by atoms with Gasteiger partial charge in [0.2, 0.25) is 11.8 Å². The Morgan fingerprint density at radius 2 is 1.08 bits per heavy atom. The Kier molecular flexibility index (Phi) is 39.1. The number of nitrogens with two attached hydrogens (primary N) is 1. The third-order valence-electron chi connectivity index (χ3n) is 6.38. The van der Waals surface area contributed by atoms with Crippen LogP contribution in [0.4, 0.5) is 0 Å². The molecule has 0 aliphatic heterocycles. The van der Waals surface area contributed by atoms with Gasteiger partial charge in [-0.05, 0) is 19.8 Å². The van der Waals surface area contributed by atoms with Crippen molar-refractivity contribution in [3.05, 3.63) is 0 Å². The van der Waals surface area contributed by atoms with Gasteiger partial charge in [-0.3, -0.25) is 9.59 Å². The van der Waals surface area contributed by atoms with Gasteiger partial charge >= 0.3 is 37.8 Å². The van der Waals surface area contributed by atoms with E-state index in [1.54, 1.807) is 6.92 Å². The second-order valence-corrected chi connectivity index (χ2v) is 11.1. The van der Waals surface area contributed by atoms with Crippen LogP contribution >= 0.6 is 8.25 Å². The van der Waals surface area contributed by atoms with Gasteiger partial charge in [0.05, 0.1) is 6.04 Å². The first-order chi connectivity index (χ1) is 17.8. The van der Waals surface area contributed by atoms with Crippen LogP contribution in [0.1, 0.15) is 163 Å². The van der Waals surface area contributed by atoms with Gasteiger partial charge in [-0.2, -0.15) is 0 Å². The zero-order chi connectivity index (χ0) is 28.0. The van der Waals surface area contributed by atoms with Crippen LogP contribution in [0.5, 0.6) is 0 Å². The molecular weight excluding hydrogens is 510 g/mol. The fourth-order valence-electron chi connectivity index (χ4n) is 4.12. The van der Waals surface area contributed by atoms with Crippen LogP contribution in [0.25, 0.3) is 0 Å². The van der Waals surface area contributed by atoms with Gasteiger partial charge in [0.15, 0.2) is 0 Å². The smallest absolute Gasteiger partial charge is 1.00 e. The Labute approximate surface area is 259 Å². The van der Waals surface area contributed by atoms with E-state index in [4.69, 9.17) is 10.6 Å². The van der Waals surface area contributed by atoms with Crippen LogP contribution in [0.2, 0.25) is 0 Å². The van der Waals surface area contributed by atoms with Crippen LogP contribution in [0.15, 0.2) is 0 Å². The fraction of sp³-hybridized carbons (Fsp3) is 0.931. The number of carbonyl (C=O) groups excluding carboxylic acids is 2. The molecule has 0 heterocycles. The number of rotatable bonds is 26. The quantitative estimate of drug-likeness (QED) is 0.0733. The number of primary amides is 1. The second kappa shape index (κ2) is 35.0. The molecule has 2 atom stereocenters. The zero-order valence-corrected chi connectivity index (χ0v) is 28.3. The molecule has 0 radical (unpaired) electrons. The van der Waals surface area contributed by atoms with Crippen molar-refractivity contribution >= 4 is 20.1 Å². The van der Waals surface area contributed by atoms with Crippen molar-refractivity contribution < 1.29 is 54.6 Å². The molecule has 0 aliphatic rings. The third-order valence-corrected chi connectivity index (χ3v) is 6.75. The Balaban J connectivity index is -0.000000332. The molecule has 2 amide bonds. The van der Waals surface area contributed by atoms with Crippen LogP contribution in [0, 0.1) is 0 Å². The summed E-state index contributed by atoms with van der Waals surface area (Å²) >= 11 is 0. The molecule has 9 heteroatoms. The second-order valence-electron chi connectivity index (χ2n) is 10.3. The number of nitrogens with one attached hydrogen (secondary N) is 1. The molecule has 0 aromatic heterocycles. The molecule has 0 spiro atoms. The van der Waals surface area contributed by atoms with Crippen LogP contribution in [-0.4, -0.2) is 29.4 Å². The summed E-state index contributed by atoms with van der Waals surface area (Å²) in [4.78, 5) is 30.6. The SMILES string of the molecule is CCCCCCCCCCCC(N)=O.CCCCCCCCCCCCCC(=O)NC(C)CO[P+](=O)O.[H-].[Na+]. The Morgan fingerprint density at radius 3 is 1.42 bits per heavy atom. The normalized spacial score (nSPS) is 11.6. The van der Waals surface area contributed by atoms with Crippen molar-refractivity contribution in [2.45, 2.75) is 168 Å². The van der Waals surface area contributed by atoms with Gasteiger partial charge in [-0.1, -0.05) is 129 Å². The summed E-state index contributed by atoms with van der Waals surface area (Å²) in [5, 5.41) is 2.77. The topological polar surface area (TPSA) is 119 Å². The monoisotopic (exact) mass is 571 g/mol. The molecule has 0 fully saturated rings. The fourth-order valence-corrected chi connectivity index (χ4v) is 4.48. The van der Waals surface area contributed by atoms with Gasteiger partial charge in [0.1, 0.15) is 6.61 Å². The first kappa shape index (κ1) is 42.4. The van der Waals surface area contributed by atoms with Gasteiger partial charge in [-0.15, -0.1) is 9.42 Å². The molecule has 0 rings (SSSR count). The predicted octanol–water partition coefficient (Wildman–Crippen LogP) is 5.37. The molecule has 0 bridgehead atoms. The summed E-state index contributed by atoms with van der Waals surface area (Å²) in [7, 11) is -2.59. The minimum Gasteiger partial charge on any atom is -1.00 e. The molecule has 0 aromatic rings. The van der Waals surface area contributed by atoms with Gasteiger partial charge in [0.25, 0.3) is 0 Å².